The first-order chi connectivity index (χ1) is 7.13. The second kappa shape index (κ2) is 5.85. The number of hydrogen-bond donors (Lipinski definition) is 1. The molecule has 1 aromatic heterocycles. The van der Waals surface area contributed by atoms with E-state index in [0.717, 1.165) is 12.2 Å². The fraction of sp³-hybridized carbons (Fsp3) is 0.700. The Kier molecular flexibility index (Phi) is 4.74. The Labute approximate surface area is 90.3 Å². The molecule has 1 N–H and O–H groups in total. The summed E-state index contributed by atoms with van der Waals surface area (Å²) in [6.07, 6.45) is 1.34. The van der Waals surface area contributed by atoms with E-state index in [4.69, 9.17) is 4.74 Å². The highest BCUT2D eigenvalue weighted by atomic mass is 16.5. The van der Waals surface area contributed by atoms with Crippen molar-refractivity contribution in [3.05, 3.63) is 18.0 Å². The van der Waals surface area contributed by atoms with Gasteiger partial charge in [-0.3, -0.25) is 9.58 Å². The molecule has 0 radical (unpaired) electrons. The van der Waals surface area contributed by atoms with Gasteiger partial charge in [0.1, 0.15) is 0 Å². The fourth-order valence-electron chi connectivity index (χ4n) is 1.50. The van der Waals surface area contributed by atoms with Gasteiger partial charge < -0.3 is 9.84 Å². The summed E-state index contributed by atoms with van der Waals surface area (Å²) in [5, 5.41) is 13.6. The van der Waals surface area contributed by atoms with Gasteiger partial charge in [0.15, 0.2) is 0 Å². The molecule has 1 rings (SSSR count). The Hall–Kier alpha value is -0.910. The zero-order valence-electron chi connectivity index (χ0n) is 9.55. The third-order valence-corrected chi connectivity index (χ3v) is 2.24. The molecule has 0 fully saturated rings. The van der Waals surface area contributed by atoms with Gasteiger partial charge in [-0.1, -0.05) is 0 Å². The van der Waals surface area contributed by atoms with Gasteiger partial charge in [-0.25, -0.2) is 0 Å². The zero-order chi connectivity index (χ0) is 11.3. The number of nitrogens with zero attached hydrogens (tertiary/aromatic N) is 3. The van der Waals surface area contributed by atoms with E-state index in [-0.39, 0.29) is 0 Å². The monoisotopic (exact) mass is 213 g/mol. The number of hydrogen-bond acceptors (Lipinski definition) is 4. The van der Waals surface area contributed by atoms with Crippen LogP contribution in [-0.2, 0) is 18.3 Å². The number of aryl methyl sites for hydroxylation is 1. The average Bonchev–Trinajstić information content (AvgIpc) is 2.52. The lowest BCUT2D eigenvalue weighted by atomic mass is 10.3. The Balaban J connectivity index is 2.36. The molecule has 0 saturated carbocycles. The quantitative estimate of drug-likeness (QED) is 0.714. The van der Waals surface area contributed by atoms with Crippen molar-refractivity contribution in [1.29, 1.82) is 0 Å². The standard InChI is InChI=1S/C10H19N3O2/c1-12(7-10(14)8-15-3)6-9-4-5-11-13(9)2/h4-5,10,14H,6-8H2,1-3H3. The molecule has 1 atom stereocenters. The molecule has 0 aliphatic heterocycles. The third kappa shape index (κ3) is 3.99. The maximum atomic E-state index is 9.53. The van der Waals surface area contributed by atoms with Crippen LogP contribution in [0.15, 0.2) is 12.3 Å². The molecule has 5 heteroatoms. The van der Waals surface area contributed by atoms with Gasteiger partial charge in [-0.05, 0) is 13.1 Å². The molecule has 5 nitrogen and oxygen atoms in total. The highest BCUT2D eigenvalue weighted by molar-refractivity contribution is 4.99. The van der Waals surface area contributed by atoms with Crippen molar-refractivity contribution in [1.82, 2.24) is 14.7 Å². The van der Waals surface area contributed by atoms with Gasteiger partial charge in [0.2, 0.25) is 0 Å². The Bertz CT molecular complexity index is 288. The first-order valence-corrected chi connectivity index (χ1v) is 4.96. The minimum absolute atomic E-state index is 0.371. The topological polar surface area (TPSA) is 50.5 Å². The lowest BCUT2D eigenvalue weighted by molar-refractivity contribution is 0.0414. The number of methoxy groups -OCH3 is 1. The minimum atomic E-state index is -0.437. The Morgan fingerprint density at radius 1 is 1.67 bits per heavy atom. The summed E-state index contributed by atoms with van der Waals surface area (Å²) in [6.45, 7) is 1.74. The van der Waals surface area contributed by atoms with E-state index in [1.807, 2.05) is 29.7 Å². The van der Waals surface area contributed by atoms with E-state index in [1.165, 1.54) is 0 Å². The van der Waals surface area contributed by atoms with E-state index in [1.54, 1.807) is 13.3 Å². The number of rotatable bonds is 6. The van der Waals surface area contributed by atoms with E-state index in [0.29, 0.717) is 13.2 Å². The smallest absolute Gasteiger partial charge is 0.0900 e. The number of aromatic nitrogens is 2. The third-order valence-electron chi connectivity index (χ3n) is 2.24. The molecular formula is C10H19N3O2. The van der Waals surface area contributed by atoms with E-state index < -0.39 is 6.10 Å². The summed E-state index contributed by atoms with van der Waals surface area (Å²) in [7, 11) is 5.46. The summed E-state index contributed by atoms with van der Waals surface area (Å²) in [5.41, 5.74) is 1.13. The van der Waals surface area contributed by atoms with Crippen LogP contribution in [0.3, 0.4) is 0 Å². The van der Waals surface area contributed by atoms with Crippen LogP contribution in [0.1, 0.15) is 5.69 Å². The first kappa shape index (κ1) is 12.2. The molecule has 86 valence electrons. The summed E-state index contributed by atoms with van der Waals surface area (Å²) in [4.78, 5) is 2.04. The largest absolute Gasteiger partial charge is 0.389 e. The lowest BCUT2D eigenvalue weighted by Gasteiger charge is -2.19. The molecule has 0 amide bonds. The molecule has 1 aromatic rings. The molecule has 0 aromatic carbocycles. The van der Waals surface area contributed by atoms with Crippen molar-refractivity contribution >= 4 is 0 Å². The molecule has 15 heavy (non-hydrogen) atoms. The van der Waals surface area contributed by atoms with Gasteiger partial charge in [-0.2, -0.15) is 5.10 Å². The highest BCUT2D eigenvalue weighted by Gasteiger charge is 2.09. The van der Waals surface area contributed by atoms with Crippen LogP contribution < -0.4 is 0 Å². The van der Waals surface area contributed by atoms with Gasteiger partial charge in [-0.15, -0.1) is 0 Å². The van der Waals surface area contributed by atoms with Crippen LogP contribution in [0.2, 0.25) is 0 Å². The molecule has 0 spiro atoms. The summed E-state index contributed by atoms with van der Waals surface area (Å²) in [6, 6.07) is 1.97. The van der Waals surface area contributed by atoms with Crippen LogP contribution >= 0.6 is 0 Å². The van der Waals surface area contributed by atoms with Crippen LogP contribution in [-0.4, -0.2) is 53.2 Å². The summed E-state index contributed by atoms with van der Waals surface area (Å²) >= 11 is 0. The van der Waals surface area contributed by atoms with Crippen molar-refractivity contribution in [3.63, 3.8) is 0 Å². The first-order valence-electron chi connectivity index (χ1n) is 4.96. The minimum Gasteiger partial charge on any atom is -0.389 e. The maximum absolute atomic E-state index is 9.53. The number of likely N-dealkylation sites (N-methyl/N-ethyl adjacent to an activating group) is 1. The van der Waals surface area contributed by atoms with Gasteiger partial charge in [0.05, 0.1) is 18.4 Å². The highest BCUT2D eigenvalue weighted by Crippen LogP contribution is 2.01. The second-order valence-corrected chi connectivity index (χ2v) is 3.75. The molecular weight excluding hydrogens is 194 g/mol. The van der Waals surface area contributed by atoms with Crippen molar-refractivity contribution < 1.29 is 9.84 Å². The fourth-order valence-corrected chi connectivity index (χ4v) is 1.50. The van der Waals surface area contributed by atoms with Crippen LogP contribution in [0.4, 0.5) is 0 Å². The molecule has 0 saturated heterocycles. The van der Waals surface area contributed by atoms with Gasteiger partial charge in [0.25, 0.3) is 0 Å². The summed E-state index contributed by atoms with van der Waals surface area (Å²) < 4.78 is 6.70. The van der Waals surface area contributed by atoms with Crippen molar-refractivity contribution in [2.75, 3.05) is 27.3 Å². The van der Waals surface area contributed by atoms with Crippen LogP contribution in [0.25, 0.3) is 0 Å². The van der Waals surface area contributed by atoms with E-state index in [2.05, 4.69) is 5.10 Å². The molecule has 1 heterocycles. The Morgan fingerprint density at radius 2 is 2.40 bits per heavy atom. The SMILES string of the molecule is COCC(O)CN(C)Cc1ccnn1C. The zero-order valence-corrected chi connectivity index (χ0v) is 9.55. The predicted octanol–water partition coefficient (Wildman–Crippen LogP) is -0.141. The van der Waals surface area contributed by atoms with Crippen molar-refractivity contribution in [2.45, 2.75) is 12.6 Å². The van der Waals surface area contributed by atoms with Gasteiger partial charge in [0, 0.05) is 33.4 Å². The second-order valence-electron chi connectivity index (χ2n) is 3.75. The van der Waals surface area contributed by atoms with Crippen molar-refractivity contribution in [3.8, 4) is 0 Å². The van der Waals surface area contributed by atoms with E-state index in [9.17, 15) is 5.11 Å². The Morgan fingerprint density at radius 3 is 2.93 bits per heavy atom. The average molecular weight is 213 g/mol. The lowest BCUT2D eigenvalue weighted by Crippen LogP contribution is -2.32. The predicted molar refractivity (Wildman–Crippen MR) is 57.4 cm³/mol. The molecule has 1 unspecified atom stereocenters. The number of aliphatic hydroxyl groups excluding tert-OH is 1. The maximum Gasteiger partial charge on any atom is 0.0900 e. The molecule has 0 aliphatic carbocycles. The van der Waals surface area contributed by atoms with E-state index >= 15 is 0 Å². The van der Waals surface area contributed by atoms with Crippen LogP contribution in [0, 0.1) is 0 Å². The summed E-state index contributed by atoms with van der Waals surface area (Å²) in [5.74, 6) is 0. The van der Waals surface area contributed by atoms with Crippen LogP contribution in [0.5, 0.6) is 0 Å². The van der Waals surface area contributed by atoms with Gasteiger partial charge >= 0.3 is 0 Å². The number of aliphatic hydroxyl groups is 1. The van der Waals surface area contributed by atoms with Crippen molar-refractivity contribution in [2.24, 2.45) is 7.05 Å². The number of ether oxygens (including phenoxy) is 1. The molecule has 0 bridgehead atoms. The molecule has 0 aliphatic rings. The normalized spacial score (nSPS) is 13.4.